The lowest BCUT2D eigenvalue weighted by Gasteiger charge is -2.10. The van der Waals surface area contributed by atoms with Crippen LogP contribution in [-0.4, -0.2) is 11.0 Å². The zero-order valence-corrected chi connectivity index (χ0v) is 11.6. The Balaban J connectivity index is 1.77. The van der Waals surface area contributed by atoms with Gasteiger partial charge in [-0.15, -0.1) is 11.3 Å². The van der Waals surface area contributed by atoms with Crippen molar-refractivity contribution in [1.29, 1.82) is 0 Å². The van der Waals surface area contributed by atoms with Crippen LogP contribution in [0.3, 0.4) is 0 Å². The van der Waals surface area contributed by atoms with Crippen LogP contribution in [-0.2, 0) is 13.0 Å². The molecule has 0 unspecified atom stereocenters. The fourth-order valence-electron chi connectivity index (χ4n) is 1.98. The van der Waals surface area contributed by atoms with Crippen LogP contribution in [0.25, 0.3) is 0 Å². The van der Waals surface area contributed by atoms with Crippen LogP contribution in [0, 0.1) is 0 Å². The molecule has 2 aromatic rings. The van der Waals surface area contributed by atoms with Crippen LogP contribution < -0.4 is 5.32 Å². The molecule has 1 heterocycles. The Morgan fingerprint density at radius 2 is 2.22 bits per heavy atom. The van der Waals surface area contributed by atoms with Crippen LogP contribution in [0.5, 0.6) is 0 Å². The van der Waals surface area contributed by atoms with Crippen molar-refractivity contribution in [3.8, 4) is 0 Å². The summed E-state index contributed by atoms with van der Waals surface area (Å²) in [6.07, 6.45) is 5.37. The van der Waals surface area contributed by atoms with E-state index in [2.05, 4.69) is 22.4 Å². The first-order chi connectivity index (χ1) is 8.81. The van der Waals surface area contributed by atoms with Crippen LogP contribution in [0.15, 0.2) is 29.8 Å². The Bertz CT molecular complexity index is 521. The number of nitrogens with zero attached hydrogens (tertiary/aromatic N) is 1. The normalized spacial score (nSPS) is 14.9. The quantitative estimate of drug-likeness (QED) is 0.903. The van der Waals surface area contributed by atoms with Gasteiger partial charge in [0.15, 0.2) is 0 Å². The summed E-state index contributed by atoms with van der Waals surface area (Å²) in [5, 5.41) is 7.53. The predicted octanol–water partition coefficient (Wildman–Crippen LogP) is 3.64. The highest BCUT2D eigenvalue weighted by Crippen LogP contribution is 2.23. The van der Waals surface area contributed by atoms with Crippen molar-refractivity contribution in [2.75, 3.05) is 0 Å². The molecule has 1 N–H and O–H groups in total. The molecule has 0 aliphatic heterocycles. The van der Waals surface area contributed by atoms with Crippen molar-refractivity contribution in [3.05, 3.63) is 50.9 Å². The van der Waals surface area contributed by atoms with Crippen molar-refractivity contribution >= 4 is 22.9 Å². The maximum Gasteiger partial charge on any atom is 0.0968 e. The number of aromatic nitrogens is 1. The molecule has 4 heteroatoms. The Hall–Kier alpha value is -0.900. The van der Waals surface area contributed by atoms with Gasteiger partial charge in [-0.05, 0) is 36.1 Å². The lowest BCUT2D eigenvalue weighted by atomic mass is 10.0. The topological polar surface area (TPSA) is 24.9 Å². The number of rotatable bonds is 5. The molecule has 18 heavy (non-hydrogen) atoms. The fourth-order valence-corrected chi connectivity index (χ4v) is 2.81. The lowest BCUT2D eigenvalue weighted by Crippen LogP contribution is -2.16. The van der Waals surface area contributed by atoms with E-state index >= 15 is 0 Å². The Labute approximate surface area is 116 Å². The maximum absolute atomic E-state index is 6.09. The maximum atomic E-state index is 6.09. The molecule has 2 nitrogen and oxygen atoms in total. The summed E-state index contributed by atoms with van der Waals surface area (Å²) in [6.45, 7) is 0.909. The average molecular weight is 279 g/mol. The number of hydrogen-bond donors (Lipinski definition) is 1. The number of hydrogen-bond acceptors (Lipinski definition) is 3. The minimum Gasteiger partial charge on any atom is -0.310 e. The Morgan fingerprint density at radius 1 is 1.33 bits per heavy atom. The molecule has 1 aliphatic carbocycles. The summed E-state index contributed by atoms with van der Waals surface area (Å²) in [5.74, 6) is 0. The van der Waals surface area contributed by atoms with E-state index in [1.807, 2.05) is 17.6 Å². The number of benzene rings is 1. The molecule has 0 bridgehead atoms. The van der Waals surface area contributed by atoms with E-state index in [0.29, 0.717) is 0 Å². The highest BCUT2D eigenvalue weighted by atomic mass is 35.5. The summed E-state index contributed by atoms with van der Waals surface area (Å²) < 4.78 is 0. The molecule has 1 fully saturated rings. The van der Waals surface area contributed by atoms with Gasteiger partial charge in [-0.25, -0.2) is 4.98 Å². The highest BCUT2D eigenvalue weighted by molar-refractivity contribution is 7.09. The van der Waals surface area contributed by atoms with E-state index in [4.69, 9.17) is 11.6 Å². The highest BCUT2D eigenvalue weighted by Gasteiger charge is 2.20. The van der Waals surface area contributed by atoms with Crippen molar-refractivity contribution in [2.24, 2.45) is 0 Å². The molecule has 0 radical (unpaired) electrons. The molecule has 0 spiro atoms. The largest absolute Gasteiger partial charge is 0.310 e. The smallest absolute Gasteiger partial charge is 0.0968 e. The fraction of sp³-hybridized carbons (Fsp3) is 0.357. The van der Waals surface area contributed by atoms with Gasteiger partial charge in [0.2, 0.25) is 0 Å². The minimum atomic E-state index is 0.719. The third kappa shape index (κ3) is 3.10. The molecule has 0 saturated heterocycles. The van der Waals surface area contributed by atoms with Gasteiger partial charge in [0.25, 0.3) is 0 Å². The first-order valence-electron chi connectivity index (χ1n) is 6.20. The molecule has 94 valence electrons. The van der Waals surface area contributed by atoms with E-state index in [-0.39, 0.29) is 0 Å². The van der Waals surface area contributed by atoms with Gasteiger partial charge in [-0.2, -0.15) is 0 Å². The predicted molar refractivity (Wildman–Crippen MR) is 76.2 cm³/mol. The van der Waals surface area contributed by atoms with Crippen LogP contribution >= 0.6 is 22.9 Å². The van der Waals surface area contributed by atoms with Crippen LogP contribution in [0.4, 0.5) is 0 Å². The van der Waals surface area contributed by atoms with Gasteiger partial charge in [0.1, 0.15) is 0 Å². The average Bonchev–Trinajstić information content (AvgIpc) is 3.06. The molecule has 0 amide bonds. The van der Waals surface area contributed by atoms with E-state index < -0.39 is 0 Å². The molecule has 1 aromatic carbocycles. The van der Waals surface area contributed by atoms with Gasteiger partial charge < -0.3 is 5.32 Å². The third-order valence-corrected chi connectivity index (χ3v) is 4.17. The summed E-state index contributed by atoms with van der Waals surface area (Å²) in [6, 6.07) is 6.87. The van der Waals surface area contributed by atoms with Crippen molar-refractivity contribution < 1.29 is 0 Å². The zero-order valence-electron chi connectivity index (χ0n) is 10.0. The number of thiazole rings is 1. The SMILES string of the molecule is Clc1ccc(Cc2nccs2)c(CNC2CC2)c1. The van der Waals surface area contributed by atoms with Gasteiger partial charge in [0.05, 0.1) is 5.01 Å². The van der Waals surface area contributed by atoms with Gasteiger partial charge in [-0.3, -0.25) is 0 Å². The molecule has 1 aliphatic rings. The van der Waals surface area contributed by atoms with Crippen molar-refractivity contribution in [3.63, 3.8) is 0 Å². The second-order valence-electron chi connectivity index (χ2n) is 4.67. The van der Waals surface area contributed by atoms with Crippen LogP contribution in [0.1, 0.15) is 29.0 Å². The van der Waals surface area contributed by atoms with E-state index in [0.717, 1.165) is 29.0 Å². The standard InChI is InChI=1S/C14H15ClN2S/c15-12-2-1-10(8-14-16-5-6-18-14)11(7-12)9-17-13-3-4-13/h1-2,5-7,13,17H,3-4,8-9H2. The summed E-state index contributed by atoms with van der Waals surface area (Å²) >= 11 is 7.79. The molecular weight excluding hydrogens is 264 g/mol. The van der Waals surface area contributed by atoms with Crippen LogP contribution in [0.2, 0.25) is 5.02 Å². The first-order valence-corrected chi connectivity index (χ1v) is 7.46. The third-order valence-electron chi connectivity index (χ3n) is 3.15. The Kier molecular flexibility index (Phi) is 3.64. The lowest BCUT2D eigenvalue weighted by molar-refractivity contribution is 0.683. The van der Waals surface area contributed by atoms with Crippen molar-refractivity contribution in [1.82, 2.24) is 10.3 Å². The minimum absolute atomic E-state index is 0.719. The molecule has 3 rings (SSSR count). The van der Waals surface area contributed by atoms with Gasteiger partial charge >= 0.3 is 0 Å². The molecule has 1 aromatic heterocycles. The van der Waals surface area contributed by atoms with E-state index in [9.17, 15) is 0 Å². The summed E-state index contributed by atoms with van der Waals surface area (Å²) in [4.78, 5) is 4.35. The zero-order chi connectivity index (χ0) is 12.4. The van der Waals surface area contributed by atoms with Gasteiger partial charge in [0, 0.05) is 35.6 Å². The molecule has 0 atom stereocenters. The van der Waals surface area contributed by atoms with E-state index in [1.54, 1.807) is 11.3 Å². The second kappa shape index (κ2) is 5.39. The first kappa shape index (κ1) is 12.2. The summed E-state index contributed by atoms with van der Waals surface area (Å²) in [7, 11) is 0. The van der Waals surface area contributed by atoms with Crippen molar-refractivity contribution in [2.45, 2.75) is 31.8 Å². The van der Waals surface area contributed by atoms with Gasteiger partial charge in [-0.1, -0.05) is 17.7 Å². The molecular formula is C14H15ClN2S. The number of halogens is 1. The number of nitrogens with one attached hydrogen (secondary N) is 1. The Morgan fingerprint density at radius 3 is 2.94 bits per heavy atom. The molecule has 1 saturated carbocycles. The second-order valence-corrected chi connectivity index (χ2v) is 6.09. The summed E-state index contributed by atoms with van der Waals surface area (Å²) in [5.41, 5.74) is 2.62. The van der Waals surface area contributed by atoms with E-state index in [1.165, 1.54) is 24.0 Å². The monoisotopic (exact) mass is 278 g/mol.